The minimum absolute atomic E-state index is 0.512. The van der Waals surface area contributed by atoms with Crippen LogP contribution in [0.3, 0.4) is 0 Å². The molecule has 1 heterocycles. The van der Waals surface area contributed by atoms with Crippen LogP contribution in [0.5, 0.6) is 0 Å². The summed E-state index contributed by atoms with van der Waals surface area (Å²) < 4.78 is 2.87. The van der Waals surface area contributed by atoms with Crippen LogP contribution in [-0.2, 0) is 13.5 Å². The summed E-state index contributed by atoms with van der Waals surface area (Å²) in [5.74, 6) is 0. The van der Waals surface area contributed by atoms with Gasteiger partial charge in [-0.1, -0.05) is 28.1 Å². The number of aliphatic hydroxyl groups is 1. The van der Waals surface area contributed by atoms with Gasteiger partial charge in [-0.25, -0.2) is 4.98 Å². The fraction of sp³-hybridized carbons (Fsp3) is 0.250. The maximum absolute atomic E-state index is 10.1. The highest BCUT2D eigenvalue weighted by Crippen LogP contribution is 2.19. The number of aliphatic hydroxyl groups excluding tert-OH is 1. The number of rotatable bonds is 3. The molecule has 1 aromatic carbocycles. The second-order valence-electron chi connectivity index (χ2n) is 3.78. The largest absolute Gasteiger partial charge is 0.386 e. The SMILES string of the molecule is Cn1cncc1C(O)Cc1cccc(Br)c1. The van der Waals surface area contributed by atoms with E-state index in [0.717, 1.165) is 15.7 Å². The molecule has 0 radical (unpaired) electrons. The Kier molecular flexibility index (Phi) is 3.41. The van der Waals surface area contributed by atoms with Crippen LogP contribution in [0.25, 0.3) is 0 Å². The number of hydrogen-bond donors (Lipinski definition) is 1. The molecule has 0 aliphatic heterocycles. The fourth-order valence-corrected chi connectivity index (χ4v) is 2.13. The third-order valence-corrected chi connectivity index (χ3v) is 3.01. The van der Waals surface area contributed by atoms with E-state index in [1.165, 1.54) is 0 Å². The first-order valence-corrected chi connectivity index (χ1v) is 5.85. The third kappa shape index (κ3) is 2.51. The number of benzene rings is 1. The molecule has 1 unspecified atom stereocenters. The molecule has 1 aromatic heterocycles. The van der Waals surface area contributed by atoms with Gasteiger partial charge in [-0.2, -0.15) is 0 Å². The van der Waals surface area contributed by atoms with E-state index in [9.17, 15) is 5.11 Å². The van der Waals surface area contributed by atoms with E-state index in [1.54, 1.807) is 12.5 Å². The monoisotopic (exact) mass is 280 g/mol. The molecule has 84 valence electrons. The molecule has 0 bridgehead atoms. The van der Waals surface area contributed by atoms with E-state index in [-0.39, 0.29) is 0 Å². The summed E-state index contributed by atoms with van der Waals surface area (Å²) >= 11 is 3.42. The van der Waals surface area contributed by atoms with Crippen molar-refractivity contribution in [3.05, 3.63) is 52.5 Å². The van der Waals surface area contributed by atoms with Crippen LogP contribution < -0.4 is 0 Å². The molecule has 2 aromatic rings. The standard InChI is InChI=1S/C12H13BrN2O/c1-15-8-14-7-11(15)12(16)6-9-3-2-4-10(13)5-9/h2-5,7-8,12,16H,6H2,1H3. The average molecular weight is 281 g/mol. The predicted octanol–water partition coefficient (Wildman–Crippen LogP) is 2.46. The lowest BCUT2D eigenvalue weighted by molar-refractivity contribution is 0.170. The summed E-state index contributed by atoms with van der Waals surface area (Å²) in [6, 6.07) is 7.96. The van der Waals surface area contributed by atoms with Gasteiger partial charge in [-0.05, 0) is 17.7 Å². The zero-order valence-electron chi connectivity index (χ0n) is 8.97. The number of halogens is 1. The van der Waals surface area contributed by atoms with Gasteiger partial charge in [0, 0.05) is 17.9 Å². The molecule has 0 aliphatic carbocycles. The van der Waals surface area contributed by atoms with Gasteiger partial charge in [-0.3, -0.25) is 0 Å². The summed E-state index contributed by atoms with van der Waals surface area (Å²) in [5, 5.41) is 10.1. The van der Waals surface area contributed by atoms with Crippen LogP contribution in [0, 0.1) is 0 Å². The molecule has 3 nitrogen and oxygen atoms in total. The highest BCUT2D eigenvalue weighted by Gasteiger charge is 2.11. The van der Waals surface area contributed by atoms with Crippen molar-refractivity contribution in [3.63, 3.8) is 0 Å². The Hall–Kier alpha value is -1.13. The van der Waals surface area contributed by atoms with Crippen LogP contribution in [0.4, 0.5) is 0 Å². The van der Waals surface area contributed by atoms with Crippen molar-refractivity contribution in [1.82, 2.24) is 9.55 Å². The molecule has 0 saturated heterocycles. The highest BCUT2D eigenvalue weighted by atomic mass is 79.9. The smallest absolute Gasteiger partial charge is 0.0995 e. The van der Waals surface area contributed by atoms with Crippen molar-refractivity contribution in [2.75, 3.05) is 0 Å². The van der Waals surface area contributed by atoms with Gasteiger partial charge in [0.05, 0.1) is 24.3 Å². The normalized spacial score (nSPS) is 12.7. The summed E-state index contributed by atoms with van der Waals surface area (Å²) in [6.45, 7) is 0. The molecule has 4 heteroatoms. The average Bonchev–Trinajstić information content (AvgIpc) is 2.64. The number of nitrogens with zero attached hydrogens (tertiary/aromatic N) is 2. The molecule has 16 heavy (non-hydrogen) atoms. The zero-order valence-corrected chi connectivity index (χ0v) is 10.6. The molecule has 0 fully saturated rings. The molecule has 1 atom stereocenters. The second kappa shape index (κ2) is 4.80. The first kappa shape index (κ1) is 11.4. The van der Waals surface area contributed by atoms with Gasteiger partial charge in [0.1, 0.15) is 0 Å². The minimum atomic E-state index is -0.512. The minimum Gasteiger partial charge on any atom is -0.386 e. The molecule has 0 amide bonds. The lowest BCUT2D eigenvalue weighted by atomic mass is 10.1. The Labute approximate surface area is 103 Å². The van der Waals surface area contributed by atoms with Crippen LogP contribution in [0.1, 0.15) is 17.4 Å². The first-order valence-electron chi connectivity index (χ1n) is 5.05. The Morgan fingerprint density at radius 3 is 2.94 bits per heavy atom. The van der Waals surface area contributed by atoms with Gasteiger partial charge in [0.2, 0.25) is 0 Å². The molecule has 0 spiro atoms. The lowest BCUT2D eigenvalue weighted by Gasteiger charge is -2.11. The lowest BCUT2D eigenvalue weighted by Crippen LogP contribution is -2.06. The number of hydrogen-bond acceptors (Lipinski definition) is 2. The molecule has 0 saturated carbocycles. The van der Waals surface area contributed by atoms with Crippen molar-refractivity contribution in [1.29, 1.82) is 0 Å². The molecule has 0 aliphatic rings. The number of aromatic nitrogens is 2. The van der Waals surface area contributed by atoms with Crippen molar-refractivity contribution < 1.29 is 5.11 Å². The van der Waals surface area contributed by atoms with E-state index < -0.39 is 6.10 Å². The molecule has 2 rings (SSSR count). The van der Waals surface area contributed by atoms with Crippen LogP contribution >= 0.6 is 15.9 Å². The van der Waals surface area contributed by atoms with E-state index in [4.69, 9.17) is 0 Å². The van der Waals surface area contributed by atoms with Crippen molar-refractivity contribution >= 4 is 15.9 Å². The molecular weight excluding hydrogens is 268 g/mol. The van der Waals surface area contributed by atoms with Gasteiger partial charge >= 0.3 is 0 Å². The quantitative estimate of drug-likeness (QED) is 0.938. The van der Waals surface area contributed by atoms with Gasteiger partial charge < -0.3 is 9.67 Å². The van der Waals surface area contributed by atoms with E-state index in [1.807, 2.05) is 35.9 Å². The summed E-state index contributed by atoms with van der Waals surface area (Å²) in [4.78, 5) is 4.00. The Morgan fingerprint density at radius 2 is 2.31 bits per heavy atom. The van der Waals surface area contributed by atoms with E-state index >= 15 is 0 Å². The second-order valence-corrected chi connectivity index (χ2v) is 4.69. The van der Waals surface area contributed by atoms with Gasteiger partial charge in [-0.15, -0.1) is 0 Å². The number of aryl methyl sites for hydroxylation is 1. The van der Waals surface area contributed by atoms with Crippen molar-refractivity contribution in [3.8, 4) is 0 Å². The third-order valence-electron chi connectivity index (χ3n) is 2.51. The summed E-state index contributed by atoms with van der Waals surface area (Å²) in [7, 11) is 1.88. The van der Waals surface area contributed by atoms with Crippen molar-refractivity contribution in [2.45, 2.75) is 12.5 Å². The van der Waals surface area contributed by atoms with Crippen molar-refractivity contribution in [2.24, 2.45) is 7.05 Å². The van der Waals surface area contributed by atoms with Gasteiger partial charge in [0.25, 0.3) is 0 Å². The maximum Gasteiger partial charge on any atom is 0.0995 e. The molecule has 1 N–H and O–H groups in total. The van der Waals surface area contributed by atoms with Crippen LogP contribution in [0.2, 0.25) is 0 Å². The zero-order chi connectivity index (χ0) is 11.5. The fourth-order valence-electron chi connectivity index (χ4n) is 1.68. The van der Waals surface area contributed by atoms with E-state index in [0.29, 0.717) is 6.42 Å². The Morgan fingerprint density at radius 1 is 1.50 bits per heavy atom. The number of imidazole rings is 1. The van der Waals surface area contributed by atoms with Crippen LogP contribution in [-0.4, -0.2) is 14.7 Å². The van der Waals surface area contributed by atoms with E-state index in [2.05, 4.69) is 20.9 Å². The summed E-state index contributed by atoms with van der Waals surface area (Å²) in [5.41, 5.74) is 1.93. The molecular formula is C12H13BrN2O. The Bertz CT molecular complexity index is 481. The first-order chi connectivity index (χ1) is 7.66. The van der Waals surface area contributed by atoms with Crippen LogP contribution in [0.15, 0.2) is 41.3 Å². The summed E-state index contributed by atoms with van der Waals surface area (Å²) in [6.07, 6.45) is 3.47. The van der Waals surface area contributed by atoms with Gasteiger partial charge in [0.15, 0.2) is 0 Å². The predicted molar refractivity (Wildman–Crippen MR) is 66.0 cm³/mol. The highest BCUT2D eigenvalue weighted by molar-refractivity contribution is 9.10. The topological polar surface area (TPSA) is 38.0 Å². The Balaban J connectivity index is 2.14. The maximum atomic E-state index is 10.1.